The average Bonchev–Trinajstić information content (AvgIpc) is 2.89. The second kappa shape index (κ2) is 13.8. The van der Waals surface area contributed by atoms with Gasteiger partial charge in [-0.25, -0.2) is 4.39 Å². The number of hydrogen-bond acceptors (Lipinski definition) is 5. The van der Waals surface area contributed by atoms with Gasteiger partial charge in [-0.05, 0) is 79.6 Å². The molecule has 0 heterocycles. The average molecular weight is 507 g/mol. The second-order valence-electron chi connectivity index (χ2n) is 8.48. The minimum Gasteiger partial charge on any atom is -0.493 e. The molecule has 0 atom stereocenters. The van der Waals surface area contributed by atoms with E-state index in [0.717, 1.165) is 5.56 Å². The van der Waals surface area contributed by atoms with E-state index in [2.05, 4.69) is 10.6 Å². The zero-order valence-corrected chi connectivity index (χ0v) is 20.9. The van der Waals surface area contributed by atoms with Crippen LogP contribution in [0, 0.1) is 5.82 Å². The molecule has 0 aliphatic heterocycles. The molecular weight excluding hydrogens is 475 g/mol. The van der Waals surface area contributed by atoms with Crippen molar-refractivity contribution in [1.82, 2.24) is 10.6 Å². The number of carbonyl (C=O) groups excluding carboxylic acids is 2. The van der Waals surface area contributed by atoms with E-state index in [1.165, 1.54) is 12.1 Å². The van der Waals surface area contributed by atoms with Crippen molar-refractivity contribution in [2.24, 2.45) is 0 Å². The molecule has 3 aromatic carbocycles. The van der Waals surface area contributed by atoms with Crippen LogP contribution in [-0.4, -0.2) is 42.8 Å². The van der Waals surface area contributed by atoms with Crippen LogP contribution in [0.4, 0.5) is 4.39 Å². The Morgan fingerprint density at radius 2 is 1.59 bits per heavy atom. The molecule has 0 saturated carbocycles. The van der Waals surface area contributed by atoms with Crippen molar-refractivity contribution in [3.8, 4) is 11.5 Å². The van der Waals surface area contributed by atoms with Crippen LogP contribution < -0.4 is 20.1 Å². The number of nitrogens with one attached hydrogen (secondary N) is 2. The summed E-state index contributed by atoms with van der Waals surface area (Å²) in [5.41, 5.74) is 2.02. The SMILES string of the molecule is CC(C)Oc1ccc(C=C(NC(=O)c2ccc(OCCc3ccc(F)cc3)cc2)C(=O)NCCO)cc1. The molecule has 8 heteroatoms. The summed E-state index contributed by atoms with van der Waals surface area (Å²) in [4.78, 5) is 25.5. The van der Waals surface area contributed by atoms with Gasteiger partial charge in [0.25, 0.3) is 11.8 Å². The minimum absolute atomic E-state index is 0.0343. The summed E-state index contributed by atoms with van der Waals surface area (Å²) in [6.07, 6.45) is 2.20. The Morgan fingerprint density at radius 1 is 0.946 bits per heavy atom. The van der Waals surface area contributed by atoms with E-state index >= 15 is 0 Å². The van der Waals surface area contributed by atoms with Gasteiger partial charge in [-0.2, -0.15) is 0 Å². The van der Waals surface area contributed by atoms with Gasteiger partial charge in [-0.15, -0.1) is 0 Å². The van der Waals surface area contributed by atoms with Gasteiger partial charge in [0, 0.05) is 18.5 Å². The van der Waals surface area contributed by atoms with Crippen LogP contribution in [0.1, 0.15) is 35.3 Å². The van der Waals surface area contributed by atoms with Crippen LogP contribution in [0.5, 0.6) is 11.5 Å². The smallest absolute Gasteiger partial charge is 0.267 e. The van der Waals surface area contributed by atoms with E-state index in [1.54, 1.807) is 66.7 Å². The predicted octanol–water partition coefficient (Wildman–Crippen LogP) is 4.11. The molecule has 0 unspecified atom stereocenters. The summed E-state index contributed by atoms with van der Waals surface area (Å²) >= 11 is 0. The third-order valence-electron chi connectivity index (χ3n) is 5.14. The van der Waals surface area contributed by atoms with E-state index in [4.69, 9.17) is 14.6 Å². The Labute approximate surface area is 215 Å². The zero-order valence-electron chi connectivity index (χ0n) is 20.9. The van der Waals surface area contributed by atoms with Gasteiger partial charge in [0.15, 0.2) is 0 Å². The van der Waals surface area contributed by atoms with Crippen molar-refractivity contribution in [1.29, 1.82) is 0 Å². The molecule has 0 fully saturated rings. The Hall–Kier alpha value is -4.17. The van der Waals surface area contributed by atoms with Crippen molar-refractivity contribution < 1.29 is 28.6 Å². The van der Waals surface area contributed by atoms with Crippen LogP contribution in [0.15, 0.2) is 78.5 Å². The van der Waals surface area contributed by atoms with Crippen molar-refractivity contribution in [3.05, 3.63) is 101 Å². The van der Waals surface area contributed by atoms with E-state index < -0.39 is 11.8 Å². The van der Waals surface area contributed by atoms with Crippen molar-refractivity contribution in [2.45, 2.75) is 26.4 Å². The fourth-order valence-corrected chi connectivity index (χ4v) is 3.34. The maximum atomic E-state index is 13.0. The number of aliphatic hydroxyl groups is 1. The molecule has 37 heavy (non-hydrogen) atoms. The van der Waals surface area contributed by atoms with E-state index in [1.807, 2.05) is 13.8 Å². The highest BCUT2D eigenvalue weighted by Crippen LogP contribution is 2.17. The monoisotopic (exact) mass is 506 g/mol. The molecule has 0 aliphatic rings. The molecular formula is C29H31FN2O5. The van der Waals surface area contributed by atoms with Crippen LogP contribution in [0.2, 0.25) is 0 Å². The summed E-state index contributed by atoms with van der Waals surface area (Å²) in [7, 11) is 0. The van der Waals surface area contributed by atoms with Crippen LogP contribution in [-0.2, 0) is 11.2 Å². The molecule has 0 saturated heterocycles. The van der Waals surface area contributed by atoms with Crippen LogP contribution >= 0.6 is 0 Å². The maximum Gasteiger partial charge on any atom is 0.267 e. The zero-order chi connectivity index (χ0) is 26.6. The molecule has 0 spiro atoms. The summed E-state index contributed by atoms with van der Waals surface area (Å²) < 4.78 is 24.4. The molecule has 2 amide bonds. The minimum atomic E-state index is -0.523. The quantitative estimate of drug-likeness (QED) is 0.321. The largest absolute Gasteiger partial charge is 0.493 e. The Bertz CT molecular complexity index is 1190. The number of ether oxygens (including phenoxy) is 2. The number of aliphatic hydroxyl groups excluding tert-OH is 1. The van der Waals surface area contributed by atoms with Crippen molar-refractivity contribution in [3.63, 3.8) is 0 Å². The fraction of sp³-hybridized carbons (Fsp3) is 0.241. The summed E-state index contributed by atoms with van der Waals surface area (Å²) in [5.74, 6) is 0.00602. The Balaban J connectivity index is 1.64. The second-order valence-corrected chi connectivity index (χ2v) is 8.48. The number of carbonyl (C=O) groups is 2. The van der Waals surface area contributed by atoms with Crippen LogP contribution in [0.25, 0.3) is 6.08 Å². The molecule has 0 radical (unpaired) electrons. The van der Waals surface area contributed by atoms with E-state index in [0.29, 0.717) is 35.7 Å². The van der Waals surface area contributed by atoms with Gasteiger partial charge in [0.2, 0.25) is 0 Å². The third kappa shape index (κ3) is 9.09. The highest BCUT2D eigenvalue weighted by molar-refractivity contribution is 6.05. The summed E-state index contributed by atoms with van der Waals surface area (Å²) in [5, 5.41) is 14.3. The summed E-state index contributed by atoms with van der Waals surface area (Å²) in [6.45, 7) is 4.09. The first-order valence-corrected chi connectivity index (χ1v) is 12.0. The van der Waals surface area contributed by atoms with Crippen LogP contribution in [0.3, 0.4) is 0 Å². The highest BCUT2D eigenvalue weighted by Gasteiger charge is 2.15. The molecule has 194 valence electrons. The summed E-state index contributed by atoms with van der Waals surface area (Å²) in [6, 6.07) is 19.9. The van der Waals surface area contributed by atoms with Crippen molar-refractivity contribution >= 4 is 17.9 Å². The maximum absolute atomic E-state index is 13.0. The Kier molecular flexibility index (Phi) is 10.2. The highest BCUT2D eigenvalue weighted by atomic mass is 19.1. The fourth-order valence-electron chi connectivity index (χ4n) is 3.34. The standard InChI is InChI=1S/C29H31FN2O5/c1-20(2)37-26-11-5-22(6-12-26)19-27(29(35)31-16-17-33)32-28(34)23-7-13-25(14-8-23)36-18-15-21-3-9-24(30)10-4-21/h3-14,19-20,33H,15-18H2,1-2H3,(H,31,35)(H,32,34). The number of halogens is 1. The molecule has 7 nitrogen and oxygen atoms in total. The van der Waals surface area contributed by atoms with Gasteiger partial charge in [0.05, 0.1) is 19.3 Å². The molecule has 3 aromatic rings. The molecule has 0 aliphatic carbocycles. The third-order valence-corrected chi connectivity index (χ3v) is 5.14. The van der Waals surface area contributed by atoms with Gasteiger partial charge < -0.3 is 25.2 Å². The number of benzene rings is 3. The first-order chi connectivity index (χ1) is 17.8. The molecule has 0 bridgehead atoms. The lowest BCUT2D eigenvalue weighted by atomic mass is 10.1. The van der Waals surface area contributed by atoms with Crippen molar-refractivity contribution in [2.75, 3.05) is 19.8 Å². The normalized spacial score (nSPS) is 11.2. The number of amides is 2. The lowest BCUT2D eigenvalue weighted by Gasteiger charge is -2.12. The first kappa shape index (κ1) is 27.4. The van der Waals surface area contributed by atoms with E-state index in [-0.39, 0.29) is 30.8 Å². The lowest BCUT2D eigenvalue weighted by molar-refractivity contribution is -0.117. The lowest BCUT2D eigenvalue weighted by Crippen LogP contribution is -2.36. The van der Waals surface area contributed by atoms with E-state index in [9.17, 15) is 14.0 Å². The van der Waals surface area contributed by atoms with Gasteiger partial charge >= 0.3 is 0 Å². The van der Waals surface area contributed by atoms with Gasteiger partial charge in [-0.1, -0.05) is 24.3 Å². The van der Waals surface area contributed by atoms with Gasteiger partial charge in [-0.3, -0.25) is 9.59 Å². The first-order valence-electron chi connectivity index (χ1n) is 12.0. The molecule has 3 rings (SSSR count). The number of rotatable bonds is 12. The topological polar surface area (TPSA) is 96.9 Å². The predicted molar refractivity (Wildman–Crippen MR) is 140 cm³/mol. The molecule has 3 N–H and O–H groups in total. The number of hydrogen-bond donors (Lipinski definition) is 3. The molecule has 0 aromatic heterocycles. The Morgan fingerprint density at radius 3 is 2.22 bits per heavy atom. The van der Waals surface area contributed by atoms with Gasteiger partial charge in [0.1, 0.15) is 23.0 Å².